The Labute approximate surface area is 646 Å². The molecular formula is C68H112N18O20S3. The van der Waals surface area contributed by atoms with Crippen LogP contribution in [-0.4, -0.2) is 274 Å². The van der Waals surface area contributed by atoms with Crippen LogP contribution in [0.25, 0.3) is 0 Å². The average Bonchev–Trinajstić information content (AvgIpc) is 1.37. The van der Waals surface area contributed by atoms with Crippen molar-refractivity contribution in [3.8, 4) is 0 Å². The van der Waals surface area contributed by atoms with Crippen LogP contribution in [0, 0.1) is 5.92 Å². The second kappa shape index (κ2) is 55.0. The number of benzene rings is 1. The van der Waals surface area contributed by atoms with Crippen LogP contribution in [-0.2, 0) is 92.5 Å². The number of guanidine groups is 1. The van der Waals surface area contributed by atoms with E-state index in [1.165, 1.54) is 0 Å². The molecule has 1 aromatic rings. The van der Waals surface area contributed by atoms with Crippen LogP contribution in [0.2, 0.25) is 0 Å². The molecule has 41 heteroatoms. The predicted molar refractivity (Wildman–Crippen MR) is 408 cm³/mol. The second-order valence-electron chi connectivity index (χ2n) is 26.1. The fraction of sp³-hybridized carbons (Fsp3) is 0.676. The van der Waals surface area contributed by atoms with Gasteiger partial charge in [-0.1, -0.05) is 57.1 Å². The van der Waals surface area contributed by atoms with E-state index >= 15 is 0 Å². The van der Waals surface area contributed by atoms with E-state index in [1.807, 2.05) is 13.8 Å². The maximum atomic E-state index is 14.7. The average molecular weight is 1600 g/mol. The molecule has 3 rings (SSSR count). The lowest BCUT2D eigenvalue weighted by molar-refractivity contribution is -0.141. The number of hydrogen-bond acceptors (Lipinski definition) is 26. The van der Waals surface area contributed by atoms with Gasteiger partial charge in [0, 0.05) is 75.7 Å². The third-order valence-electron chi connectivity index (χ3n) is 16.8. The van der Waals surface area contributed by atoms with Gasteiger partial charge in [0.1, 0.15) is 55.5 Å². The molecule has 2 aliphatic heterocycles. The van der Waals surface area contributed by atoms with Gasteiger partial charge in [0.25, 0.3) is 0 Å². The van der Waals surface area contributed by atoms with Gasteiger partial charge in [-0.25, -0.2) is 0 Å². The van der Waals surface area contributed by atoms with E-state index in [0.717, 1.165) is 46.2 Å². The molecular weight excluding hydrogens is 1490 g/mol. The molecule has 2 aliphatic rings. The summed E-state index contributed by atoms with van der Waals surface area (Å²) in [6.07, 6.45) is 2.40. The molecule has 0 aliphatic carbocycles. The van der Waals surface area contributed by atoms with Crippen molar-refractivity contribution in [3.63, 3.8) is 0 Å². The summed E-state index contributed by atoms with van der Waals surface area (Å²) in [6, 6.07) is -2.27. The monoisotopic (exact) mass is 1600 g/mol. The molecule has 0 spiro atoms. The third-order valence-corrected chi connectivity index (χ3v) is 20.2. The number of nitrogens with two attached hydrogens (primary N) is 4. The number of nitrogens with one attached hydrogen (secondary N) is 12. The van der Waals surface area contributed by atoms with Gasteiger partial charge in [0.2, 0.25) is 70.9 Å². The van der Waals surface area contributed by atoms with Crippen LogP contribution >= 0.6 is 33.3 Å². The van der Waals surface area contributed by atoms with Crippen molar-refractivity contribution in [2.45, 2.75) is 165 Å². The maximum Gasteiger partial charge on any atom is 0.305 e. The number of primary amides is 1. The first-order chi connectivity index (χ1) is 52.1. The van der Waals surface area contributed by atoms with Crippen LogP contribution in [0.3, 0.4) is 0 Å². The number of carboxylic acids is 1. The Morgan fingerprint density at radius 1 is 0.596 bits per heavy atom. The summed E-state index contributed by atoms with van der Waals surface area (Å²) in [4.78, 5) is 193. The molecule has 1 unspecified atom stereocenters. The second-order valence-corrected chi connectivity index (χ2v) is 29.7. The van der Waals surface area contributed by atoms with Crippen molar-refractivity contribution < 1.29 is 96.4 Å². The molecule has 0 aromatic heterocycles. The Bertz CT molecular complexity index is 3140. The summed E-state index contributed by atoms with van der Waals surface area (Å²) in [5, 5.41) is 54.8. The Morgan fingerprint density at radius 2 is 1.18 bits per heavy atom. The quantitative estimate of drug-likeness (QED) is 0.00738. The highest BCUT2D eigenvalue weighted by atomic mass is 33.1. The summed E-state index contributed by atoms with van der Waals surface area (Å²) >= 11 is 0.890. The minimum atomic E-state index is -1.84. The van der Waals surface area contributed by atoms with Crippen molar-refractivity contribution in [2.24, 2.45) is 39.0 Å². The molecule has 22 N–H and O–H groups in total. The van der Waals surface area contributed by atoms with Crippen molar-refractivity contribution >= 4 is 128 Å². The molecule has 0 saturated carbocycles. The van der Waals surface area contributed by atoms with E-state index in [0.29, 0.717) is 43.8 Å². The number of unbranched alkanes of at least 4 members (excludes halogenated alkanes) is 1. The number of carboxylic acid groups (broad SMARTS) is 1. The topological polar surface area (TPSA) is 590 Å². The van der Waals surface area contributed by atoms with Gasteiger partial charge in [-0.15, -0.1) is 11.8 Å². The SMILES string of the molecule is C/C(=N\O)C(C)(C)NCCC(CCN)CCNC(=O)CCCC(=O)NCCCC[C@@H]1NC(=O)CSC[C@@H](C(=O)NCCOCCOCCOCCCC(=O)COCC(N)=O)NC(=O)[C@H](Cc2ccccc2)NC(=O)[C@@H]2CSSC[C@H](NC1=O)C(=O)N[C@@H](CCCN=C(N)N)C(=O)NCC(=O)N[C@@H](CC(=O)O)C(=O)N2. The number of hydrogen-bond donors (Lipinski definition) is 18. The van der Waals surface area contributed by atoms with Crippen molar-refractivity contribution in [2.75, 3.05) is 122 Å². The minimum absolute atomic E-state index is 0.00573. The van der Waals surface area contributed by atoms with Crippen LogP contribution in [0.1, 0.15) is 116 Å². The van der Waals surface area contributed by atoms with Crippen LogP contribution in [0.4, 0.5) is 0 Å². The van der Waals surface area contributed by atoms with Crippen LogP contribution in [0.15, 0.2) is 40.5 Å². The molecule has 2 bridgehead atoms. The summed E-state index contributed by atoms with van der Waals surface area (Å²) < 4.78 is 21.6. The fourth-order valence-corrected chi connectivity index (χ4v) is 13.7. The Hall–Kier alpha value is -8.45. The predicted octanol–water partition coefficient (Wildman–Crippen LogP) is -4.04. The van der Waals surface area contributed by atoms with Gasteiger partial charge in [-0.05, 0) is 110 Å². The Morgan fingerprint density at radius 3 is 1.82 bits per heavy atom. The fourth-order valence-electron chi connectivity index (χ4n) is 10.5. The van der Waals surface area contributed by atoms with Crippen molar-refractivity contribution in [1.29, 1.82) is 0 Å². The number of ketones is 1. The van der Waals surface area contributed by atoms with E-state index in [1.54, 1.807) is 37.3 Å². The Kier molecular flexibility index (Phi) is 47.8. The largest absolute Gasteiger partial charge is 0.481 e. The molecule has 2 fully saturated rings. The number of thioether (sulfide) groups is 1. The number of aliphatic imine (C=N–C) groups is 1. The number of Topliss-reactive ketones (excluding diaryl/α,β-unsaturated/α-hetero) is 1. The maximum absolute atomic E-state index is 14.7. The minimum Gasteiger partial charge on any atom is -0.481 e. The highest BCUT2D eigenvalue weighted by Gasteiger charge is 2.36. The van der Waals surface area contributed by atoms with E-state index in [2.05, 4.69) is 73.9 Å². The van der Waals surface area contributed by atoms with E-state index in [4.69, 9.17) is 41.9 Å². The number of aliphatic carboxylic acids is 1. The lowest BCUT2D eigenvalue weighted by atomic mass is 9.95. The first kappa shape index (κ1) is 94.8. The summed E-state index contributed by atoms with van der Waals surface area (Å²) in [6.45, 7) is 6.61. The molecule has 1 aromatic carbocycles. The normalized spacial score (nSPS) is 20.1. The molecule has 12 amide bonds. The molecule has 2 heterocycles. The molecule has 0 radical (unpaired) electrons. The third kappa shape index (κ3) is 42.9. The number of amides is 12. The van der Waals surface area contributed by atoms with E-state index < -0.39 is 132 Å². The number of rotatable bonds is 45. The Balaban J connectivity index is 1.91. The number of nitrogens with zero attached hydrogens (tertiary/aromatic N) is 2. The van der Waals surface area contributed by atoms with E-state index in [9.17, 15) is 77.4 Å². The van der Waals surface area contributed by atoms with Gasteiger partial charge >= 0.3 is 5.97 Å². The zero-order valence-corrected chi connectivity index (χ0v) is 64.7. The molecule has 2 saturated heterocycles. The molecule has 612 valence electrons. The zero-order valence-electron chi connectivity index (χ0n) is 62.2. The number of carbonyl (C=O) groups excluding carboxylic acids is 13. The van der Waals surface area contributed by atoms with Gasteiger partial charge in [-0.3, -0.25) is 72.1 Å². The van der Waals surface area contributed by atoms with Gasteiger partial charge in [0.15, 0.2) is 11.7 Å². The summed E-state index contributed by atoms with van der Waals surface area (Å²) in [7, 11) is 1.82. The molecule has 8 atom stereocenters. The number of carbonyl (C=O) groups is 14. The van der Waals surface area contributed by atoms with Crippen molar-refractivity contribution in [1.82, 2.24) is 63.8 Å². The number of fused-ring (bicyclic) bond motifs is 5. The standard InChI is InChI=1S/C68H112N18O20S3/c1-43(86-102)68(2,3)78-26-21-44(19-22-69)20-25-74-56(90)18-9-17-55(89)73-23-8-7-15-48-62(97)84-52-40-108-109-41-53(85-64(99)50(35-59(93)94)80-57(91)36-77-60(95)47(81-65(52)100)16-10-24-76-67(71)72)66(101)82-49(34-45-12-5-4-6-13-45)63(98)83-51(39-107-42-58(92)79-48)61(96)75-27-29-104-31-33-105-32-30-103-28-11-14-46(87)37-106-38-54(70)88/h4-6,12-13,44,47-53,78,102H,7-11,14-42,69H2,1-3H3,(H2,70,88)(H,73,89)(H,74,90)(H,75,96)(H,77,95)(H,79,92)(H,80,91)(H,81,100)(H,82,101)(H,83,98)(H,84,97)(H,85,99)(H,93,94)(H4,71,72,76)/b86-43+/t44?,47-,48-,49-,50-,51-,52-,53-/m0/s1. The highest BCUT2D eigenvalue weighted by molar-refractivity contribution is 8.76. The van der Waals surface area contributed by atoms with Gasteiger partial charge < -0.3 is 116 Å². The van der Waals surface area contributed by atoms with Gasteiger partial charge in [0.05, 0.1) is 63.0 Å². The highest BCUT2D eigenvalue weighted by Crippen LogP contribution is 2.24. The number of ether oxygens (including phenoxy) is 4. The van der Waals surface area contributed by atoms with E-state index in [-0.39, 0.29) is 183 Å². The van der Waals surface area contributed by atoms with Crippen LogP contribution < -0.4 is 86.7 Å². The van der Waals surface area contributed by atoms with Crippen molar-refractivity contribution in [3.05, 3.63) is 35.9 Å². The first-order valence-corrected chi connectivity index (χ1v) is 39.8. The number of oxime groups is 1. The lowest BCUT2D eigenvalue weighted by Crippen LogP contribution is -2.60. The first-order valence-electron chi connectivity index (χ1n) is 36.2. The smallest absolute Gasteiger partial charge is 0.305 e. The zero-order chi connectivity index (χ0) is 80.4. The lowest BCUT2D eigenvalue weighted by Gasteiger charge is -2.27. The molecule has 38 nitrogen and oxygen atoms in total. The summed E-state index contributed by atoms with van der Waals surface area (Å²) in [5.74, 6) is -12.6. The summed E-state index contributed by atoms with van der Waals surface area (Å²) in [5.41, 5.74) is 22.5. The van der Waals surface area contributed by atoms with Gasteiger partial charge in [-0.2, -0.15) is 0 Å². The van der Waals surface area contributed by atoms with Crippen LogP contribution in [0.5, 0.6) is 0 Å². The molecule has 109 heavy (non-hydrogen) atoms.